The SMILES string of the molecule is CCCCCCCCC/C=C\CCCCCCCC(=O)OCCCCC/C=C\C=C/CCCCCCCCC(=O)NC(CO)C(O)/C=C/CCCCCCCCCCCCC. The van der Waals surface area contributed by atoms with E-state index in [1.54, 1.807) is 6.08 Å². The van der Waals surface area contributed by atoms with Crippen molar-refractivity contribution in [2.24, 2.45) is 0 Å². The molecular formula is C55H101NO5. The van der Waals surface area contributed by atoms with Crippen LogP contribution in [0.4, 0.5) is 0 Å². The maximum Gasteiger partial charge on any atom is 0.305 e. The van der Waals surface area contributed by atoms with E-state index in [0.29, 0.717) is 19.4 Å². The van der Waals surface area contributed by atoms with Crippen LogP contribution < -0.4 is 5.32 Å². The van der Waals surface area contributed by atoms with E-state index < -0.39 is 12.1 Å². The molecule has 0 aliphatic heterocycles. The van der Waals surface area contributed by atoms with Crippen molar-refractivity contribution in [2.45, 2.75) is 276 Å². The predicted molar refractivity (Wildman–Crippen MR) is 264 cm³/mol. The Kier molecular flexibility index (Phi) is 48.7. The van der Waals surface area contributed by atoms with Crippen molar-refractivity contribution in [3.05, 3.63) is 48.6 Å². The van der Waals surface area contributed by atoms with Gasteiger partial charge in [-0.3, -0.25) is 9.59 Å². The molecule has 0 heterocycles. The Morgan fingerprint density at radius 2 is 0.820 bits per heavy atom. The van der Waals surface area contributed by atoms with Crippen LogP contribution in [0.1, 0.15) is 264 Å². The summed E-state index contributed by atoms with van der Waals surface area (Å²) in [5.74, 6) is -0.123. The topological polar surface area (TPSA) is 95.9 Å². The Hall–Kier alpha value is -2.18. The lowest BCUT2D eigenvalue weighted by Gasteiger charge is -2.20. The van der Waals surface area contributed by atoms with E-state index in [-0.39, 0.29) is 18.5 Å². The van der Waals surface area contributed by atoms with Gasteiger partial charge in [-0.25, -0.2) is 0 Å². The largest absolute Gasteiger partial charge is 0.466 e. The molecule has 1 amide bonds. The summed E-state index contributed by atoms with van der Waals surface area (Å²) in [6.07, 6.45) is 62.6. The molecule has 3 N–H and O–H groups in total. The highest BCUT2D eigenvalue weighted by Crippen LogP contribution is 2.14. The zero-order valence-corrected chi connectivity index (χ0v) is 40.4. The minimum Gasteiger partial charge on any atom is -0.466 e. The molecule has 2 unspecified atom stereocenters. The number of amides is 1. The molecule has 2 atom stereocenters. The number of unbranched alkanes of at least 4 members (excludes halogenated alkanes) is 32. The first kappa shape index (κ1) is 58.8. The first-order valence-electron chi connectivity index (χ1n) is 26.4. The summed E-state index contributed by atoms with van der Waals surface area (Å²) in [4.78, 5) is 24.4. The summed E-state index contributed by atoms with van der Waals surface area (Å²) in [5.41, 5.74) is 0. The highest BCUT2D eigenvalue weighted by molar-refractivity contribution is 5.76. The highest BCUT2D eigenvalue weighted by Gasteiger charge is 2.18. The van der Waals surface area contributed by atoms with Gasteiger partial charge in [0.25, 0.3) is 0 Å². The standard InChI is InChI=1S/C55H101NO5/c1-3-5-7-9-11-13-15-17-18-21-25-29-33-37-41-45-49-55(60)61-50-46-42-38-34-30-26-22-19-20-24-28-32-36-40-44-48-54(59)56-52(51-57)53(58)47-43-39-35-31-27-23-16-14-12-10-8-6-4-2/h18-19,21-22,26,30,43,47,52-53,57-58H,3-17,20,23-25,27-29,31-42,44-46,48-51H2,1-2H3,(H,56,59)/b21-18-,22-19-,30-26-,47-43+. The molecule has 0 saturated heterocycles. The molecule has 0 bridgehead atoms. The van der Waals surface area contributed by atoms with Gasteiger partial charge >= 0.3 is 5.97 Å². The van der Waals surface area contributed by atoms with Gasteiger partial charge in [-0.2, -0.15) is 0 Å². The van der Waals surface area contributed by atoms with Crippen LogP contribution in [0.5, 0.6) is 0 Å². The van der Waals surface area contributed by atoms with E-state index in [1.165, 1.54) is 161 Å². The smallest absolute Gasteiger partial charge is 0.305 e. The molecule has 0 aliphatic carbocycles. The number of aliphatic hydroxyl groups excluding tert-OH is 2. The van der Waals surface area contributed by atoms with Crippen LogP contribution in [-0.4, -0.2) is 47.4 Å². The lowest BCUT2D eigenvalue weighted by Crippen LogP contribution is -2.45. The summed E-state index contributed by atoms with van der Waals surface area (Å²) in [7, 11) is 0. The molecule has 0 radical (unpaired) electrons. The van der Waals surface area contributed by atoms with Crippen molar-refractivity contribution < 1.29 is 24.5 Å². The van der Waals surface area contributed by atoms with Crippen molar-refractivity contribution in [3.63, 3.8) is 0 Å². The lowest BCUT2D eigenvalue weighted by molar-refractivity contribution is -0.143. The van der Waals surface area contributed by atoms with Gasteiger partial charge in [0.05, 0.1) is 25.4 Å². The van der Waals surface area contributed by atoms with E-state index in [9.17, 15) is 19.8 Å². The summed E-state index contributed by atoms with van der Waals surface area (Å²) in [5, 5.41) is 23.0. The third-order valence-corrected chi connectivity index (χ3v) is 11.8. The fourth-order valence-electron chi connectivity index (χ4n) is 7.73. The number of esters is 1. The van der Waals surface area contributed by atoms with Gasteiger partial charge < -0.3 is 20.3 Å². The molecule has 0 aromatic heterocycles. The Bertz CT molecular complexity index is 1040. The molecule has 0 aromatic rings. The Morgan fingerprint density at radius 3 is 1.26 bits per heavy atom. The van der Waals surface area contributed by atoms with Gasteiger partial charge in [0.2, 0.25) is 5.91 Å². The third kappa shape index (κ3) is 47.1. The third-order valence-electron chi connectivity index (χ3n) is 11.8. The Morgan fingerprint density at radius 1 is 0.459 bits per heavy atom. The van der Waals surface area contributed by atoms with E-state index >= 15 is 0 Å². The average molecular weight is 856 g/mol. The number of rotatable bonds is 48. The number of carbonyl (C=O) groups is 2. The van der Waals surface area contributed by atoms with Crippen LogP contribution >= 0.6 is 0 Å². The predicted octanol–water partition coefficient (Wildman–Crippen LogP) is 15.8. The van der Waals surface area contributed by atoms with E-state index in [2.05, 4.69) is 55.6 Å². The molecule has 0 rings (SSSR count). The molecule has 0 spiro atoms. The van der Waals surface area contributed by atoms with E-state index in [0.717, 1.165) is 77.0 Å². The van der Waals surface area contributed by atoms with Crippen LogP contribution in [-0.2, 0) is 14.3 Å². The number of hydrogen-bond acceptors (Lipinski definition) is 5. The monoisotopic (exact) mass is 856 g/mol. The molecule has 356 valence electrons. The second-order valence-corrected chi connectivity index (χ2v) is 17.9. The van der Waals surface area contributed by atoms with Gasteiger partial charge in [-0.1, -0.05) is 210 Å². The fourth-order valence-corrected chi connectivity index (χ4v) is 7.73. The van der Waals surface area contributed by atoms with Crippen LogP contribution in [0, 0.1) is 0 Å². The molecule has 0 fully saturated rings. The van der Waals surface area contributed by atoms with Crippen molar-refractivity contribution in [3.8, 4) is 0 Å². The van der Waals surface area contributed by atoms with Gasteiger partial charge in [0, 0.05) is 12.8 Å². The molecule has 0 saturated carbocycles. The lowest BCUT2D eigenvalue weighted by atomic mass is 10.0. The van der Waals surface area contributed by atoms with Crippen LogP contribution in [0.15, 0.2) is 48.6 Å². The number of aliphatic hydroxyl groups is 2. The van der Waals surface area contributed by atoms with Crippen molar-refractivity contribution in [2.75, 3.05) is 13.2 Å². The van der Waals surface area contributed by atoms with Crippen molar-refractivity contribution >= 4 is 11.9 Å². The van der Waals surface area contributed by atoms with Crippen molar-refractivity contribution in [1.29, 1.82) is 0 Å². The number of hydrogen-bond donors (Lipinski definition) is 3. The van der Waals surface area contributed by atoms with Gasteiger partial charge in [-0.05, 0) is 89.9 Å². The normalized spacial score (nSPS) is 13.0. The van der Waals surface area contributed by atoms with E-state index in [4.69, 9.17) is 4.74 Å². The van der Waals surface area contributed by atoms with Gasteiger partial charge in [0.1, 0.15) is 0 Å². The number of allylic oxidation sites excluding steroid dienone is 7. The van der Waals surface area contributed by atoms with Crippen molar-refractivity contribution in [1.82, 2.24) is 5.32 Å². The second-order valence-electron chi connectivity index (χ2n) is 17.9. The zero-order chi connectivity index (χ0) is 44.4. The average Bonchev–Trinajstić information content (AvgIpc) is 3.26. The van der Waals surface area contributed by atoms with Crippen LogP contribution in [0.3, 0.4) is 0 Å². The maximum atomic E-state index is 12.4. The summed E-state index contributed by atoms with van der Waals surface area (Å²) in [6, 6.07) is -0.644. The van der Waals surface area contributed by atoms with Gasteiger partial charge in [0.15, 0.2) is 0 Å². The van der Waals surface area contributed by atoms with Crippen LogP contribution in [0.2, 0.25) is 0 Å². The quantitative estimate of drug-likeness (QED) is 0.0245. The number of nitrogens with one attached hydrogen (secondary N) is 1. The molecule has 6 heteroatoms. The Balaban J connectivity index is 3.56. The summed E-state index contributed by atoms with van der Waals surface area (Å²) < 4.78 is 5.44. The summed E-state index contributed by atoms with van der Waals surface area (Å²) >= 11 is 0. The minimum absolute atomic E-state index is 0.0311. The first-order chi connectivity index (χ1) is 30.0. The molecule has 6 nitrogen and oxygen atoms in total. The van der Waals surface area contributed by atoms with Gasteiger partial charge in [-0.15, -0.1) is 0 Å². The molecular weight excluding hydrogens is 755 g/mol. The molecule has 0 aliphatic rings. The minimum atomic E-state index is -0.859. The first-order valence-corrected chi connectivity index (χ1v) is 26.4. The highest BCUT2D eigenvalue weighted by atomic mass is 16.5. The number of carbonyl (C=O) groups excluding carboxylic acids is 2. The second kappa shape index (κ2) is 50.5. The zero-order valence-electron chi connectivity index (χ0n) is 40.4. The Labute approximate surface area is 378 Å². The molecule has 61 heavy (non-hydrogen) atoms. The number of ether oxygens (including phenoxy) is 1. The fraction of sp³-hybridized carbons (Fsp3) is 0.818. The summed E-state index contributed by atoms with van der Waals surface area (Å²) in [6.45, 7) is 4.82. The van der Waals surface area contributed by atoms with Crippen LogP contribution in [0.25, 0.3) is 0 Å². The maximum absolute atomic E-state index is 12.4. The molecule has 0 aromatic carbocycles. The van der Waals surface area contributed by atoms with E-state index in [1.807, 2.05) is 6.08 Å².